The molecule has 23 heavy (non-hydrogen) atoms. The second-order valence-electron chi connectivity index (χ2n) is 5.86. The van der Waals surface area contributed by atoms with Gasteiger partial charge in [-0.1, -0.05) is 26.0 Å². The molecule has 0 aliphatic rings. The van der Waals surface area contributed by atoms with Crippen molar-refractivity contribution >= 4 is 17.5 Å². The van der Waals surface area contributed by atoms with Crippen LogP contribution in [0.3, 0.4) is 0 Å². The van der Waals surface area contributed by atoms with Crippen molar-refractivity contribution in [2.45, 2.75) is 20.8 Å². The molecule has 0 aliphatic carbocycles. The number of nitrogens with zero attached hydrogens (tertiary/aromatic N) is 1. The number of nitrogens with one attached hydrogen (secondary N) is 2. The van der Waals surface area contributed by atoms with Crippen LogP contribution >= 0.6 is 0 Å². The Morgan fingerprint density at radius 1 is 1.13 bits per heavy atom. The highest BCUT2D eigenvalue weighted by Crippen LogP contribution is 2.11. The van der Waals surface area contributed by atoms with E-state index in [0.717, 1.165) is 5.56 Å². The average molecular weight is 311 g/mol. The lowest BCUT2D eigenvalue weighted by atomic mass is 10.1. The van der Waals surface area contributed by atoms with E-state index in [9.17, 15) is 9.59 Å². The Morgan fingerprint density at radius 3 is 2.61 bits per heavy atom. The van der Waals surface area contributed by atoms with Crippen LogP contribution < -0.4 is 10.6 Å². The first-order chi connectivity index (χ1) is 11.0. The summed E-state index contributed by atoms with van der Waals surface area (Å²) in [4.78, 5) is 28.4. The van der Waals surface area contributed by atoms with E-state index in [-0.39, 0.29) is 17.5 Å². The molecule has 5 nitrogen and oxygen atoms in total. The maximum atomic E-state index is 12.3. The molecule has 1 heterocycles. The number of anilines is 1. The predicted molar refractivity (Wildman–Crippen MR) is 90.5 cm³/mol. The SMILES string of the molecule is Cc1cccc(NC(=O)c2cc(C(=O)NCC(C)C)ccn2)c1. The van der Waals surface area contributed by atoms with Gasteiger partial charge in [0.25, 0.3) is 11.8 Å². The van der Waals surface area contributed by atoms with Crippen molar-refractivity contribution in [1.29, 1.82) is 0 Å². The van der Waals surface area contributed by atoms with Gasteiger partial charge in [0.05, 0.1) is 0 Å². The van der Waals surface area contributed by atoms with Crippen molar-refractivity contribution < 1.29 is 9.59 Å². The number of amides is 2. The molecule has 0 radical (unpaired) electrons. The molecule has 0 saturated carbocycles. The molecule has 2 N–H and O–H groups in total. The van der Waals surface area contributed by atoms with Gasteiger partial charge in [0.2, 0.25) is 0 Å². The molecule has 1 aromatic heterocycles. The highest BCUT2D eigenvalue weighted by Gasteiger charge is 2.12. The van der Waals surface area contributed by atoms with Gasteiger partial charge in [0.1, 0.15) is 5.69 Å². The van der Waals surface area contributed by atoms with Crippen molar-refractivity contribution in [1.82, 2.24) is 10.3 Å². The number of carbonyl (C=O) groups is 2. The summed E-state index contributed by atoms with van der Waals surface area (Å²) in [6.45, 7) is 6.58. The van der Waals surface area contributed by atoms with E-state index in [2.05, 4.69) is 15.6 Å². The Kier molecular flexibility index (Phi) is 5.46. The van der Waals surface area contributed by atoms with Crippen LogP contribution in [0.5, 0.6) is 0 Å². The first kappa shape index (κ1) is 16.7. The van der Waals surface area contributed by atoms with E-state index in [1.54, 1.807) is 6.07 Å². The van der Waals surface area contributed by atoms with Crippen LogP contribution in [0, 0.1) is 12.8 Å². The fraction of sp³-hybridized carbons (Fsp3) is 0.278. The molecule has 0 unspecified atom stereocenters. The smallest absolute Gasteiger partial charge is 0.274 e. The first-order valence-corrected chi connectivity index (χ1v) is 7.58. The molecule has 0 spiro atoms. The summed E-state index contributed by atoms with van der Waals surface area (Å²) >= 11 is 0. The van der Waals surface area contributed by atoms with Crippen LogP contribution in [0.2, 0.25) is 0 Å². The quantitative estimate of drug-likeness (QED) is 0.891. The number of hydrogen-bond acceptors (Lipinski definition) is 3. The van der Waals surface area contributed by atoms with Gasteiger partial charge < -0.3 is 10.6 Å². The predicted octanol–water partition coefficient (Wildman–Crippen LogP) is 3.03. The third-order valence-corrected chi connectivity index (χ3v) is 3.20. The number of carbonyl (C=O) groups excluding carboxylic acids is 2. The number of benzene rings is 1. The zero-order valence-electron chi connectivity index (χ0n) is 13.6. The maximum absolute atomic E-state index is 12.3. The molecular weight excluding hydrogens is 290 g/mol. The molecule has 0 fully saturated rings. The normalized spacial score (nSPS) is 10.4. The van der Waals surface area contributed by atoms with Gasteiger partial charge >= 0.3 is 0 Å². The number of rotatable bonds is 5. The van der Waals surface area contributed by atoms with Crippen molar-refractivity contribution in [3.8, 4) is 0 Å². The monoisotopic (exact) mass is 311 g/mol. The molecule has 5 heteroatoms. The van der Waals surface area contributed by atoms with E-state index >= 15 is 0 Å². The maximum Gasteiger partial charge on any atom is 0.274 e. The minimum atomic E-state index is -0.339. The summed E-state index contributed by atoms with van der Waals surface area (Å²) < 4.78 is 0. The van der Waals surface area contributed by atoms with E-state index in [1.807, 2.05) is 45.0 Å². The molecular formula is C18H21N3O2. The van der Waals surface area contributed by atoms with Crippen molar-refractivity contribution in [3.63, 3.8) is 0 Å². The number of pyridine rings is 1. The second kappa shape index (κ2) is 7.54. The van der Waals surface area contributed by atoms with Crippen molar-refractivity contribution in [2.24, 2.45) is 5.92 Å². The third-order valence-electron chi connectivity index (χ3n) is 3.20. The lowest BCUT2D eigenvalue weighted by Gasteiger charge is -2.09. The standard InChI is InChI=1S/C18H21N3O2/c1-12(2)11-20-17(22)14-7-8-19-16(10-14)18(23)21-15-6-4-5-13(3)9-15/h4-10,12H,11H2,1-3H3,(H,20,22)(H,21,23). The van der Waals surface area contributed by atoms with E-state index in [0.29, 0.717) is 23.7 Å². The Balaban J connectivity index is 2.09. The molecule has 0 atom stereocenters. The topological polar surface area (TPSA) is 71.1 Å². The lowest BCUT2D eigenvalue weighted by molar-refractivity contribution is 0.0949. The Morgan fingerprint density at radius 2 is 1.91 bits per heavy atom. The minimum absolute atomic E-state index is 0.203. The van der Waals surface area contributed by atoms with Gasteiger partial charge in [-0.05, 0) is 42.7 Å². The third kappa shape index (κ3) is 4.92. The van der Waals surface area contributed by atoms with Gasteiger partial charge in [0, 0.05) is 24.0 Å². The average Bonchev–Trinajstić information content (AvgIpc) is 2.52. The lowest BCUT2D eigenvalue weighted by Crippen LogP contribution is -2.27. The van der Waals surface area contributed by atoms with E-state index < -0.39 is 0 Å². The zero-order valence-corrected chi connectivity index (χ0v) is 13.6. The van der Waals surface area contributed by atoms with Crippen molar-refractivity contribution in [3.05, 3.63) is 59.4 Å². The van der Waals surface area contributed by atoms with Crippen LogP contribution in [0.1, 0.15) is 40.3 Å². The van der Waals surface area contributed by atoms with E-state index in [4.69, 9.17) is 0 Å². The van der Waals surface area contributed by atoms with E-state index in [1.165, 1.54) is 12.3 Å². The Labute approximate surface area is 136 Å². The Bertz CT molecular complexity index is 711. The highest BCUT2D eigenvalue weighted by atomic mass is 16.2. The minimum Gasteiger partial charge on any atom is -0.352 e. The zero-order chi connectivity index (χ0) is 16.8. The van der Waals surface area contributed by atoms with Gasteiger partial charge in [0.15, 0.2) is 0 Å². The van der Waals surface area contributed by atoms with Crippen LogP contribution in [-0.2, 0) is 0 Å². The molecule has 0 saturated heterocycles. The van der Waals surface area contributed by atoms with Crippen molar-refractivity contribution in [2.75, 3.05) is 11.9 Å². The number of aryl methyl sites for hydroxylation is 1. The summed E-state index contributed by atoms with van der Waals surface area (Å²) in [5.74, 6) is -0.176. The molecule has 0 aliphatic heterocycles. The summed E-state index contributed by atoms with van der Waals surface area (Å²) in [7, 11) is 0. The van der Waals surface area contributed by atoms with Gasteiger partial charge in [-0.3, -0.25) is 14.6 Å². The van der Waals surface area contributed by atoms with Gasteiger partial charge in [-0.15, -0.1) is 0 Å². The molecule has 2 aromatic rings. The number of hydrogen-bond donors (Lipinski definition) is 2. The molecule has 120 valence electrons. The fourth-order valence-corrected chi connectivity index (χ4v) is 2.01. The molecule has 2 amide bonds. The summed E-state index contributed by atoms with van der Waals surface area (Å²) in [6.07, 6.45) is 1.47. The first-order valence-electron chi connectivity index (χ1n) is 7.58. The summed E-state index contributed by atoms with van der Waals surface area (Å²) in [5, 5.41) is 5.61. The van der Waals surface area contributed by atoms with Gasteiger partial charge in [-0.2, -0.15) is 0 Å². The van der Waals surface area contributed by atoms with Crippen LogP contribution in [-0.4, -0.2) is 23.3 Å². The summed E-state index contributed by atoms with van der Waals surface area (Å²) in [6, 6.07) is 10.6. The fourth-order valence-electron chi connectivity index (χ4n) is 2.01. The number of aromatic nitrogens is 1. The van der Waals surface area contributed by atoms with Crippen LogP contribution in [0.15, 0.2) is 42.6 Å². The van der Waals surface area contributed by atoms with Gasteiger partial charge in [-0.25, -0.2) is 0 Å². The summed E-state index contributed by atoms with van der Waals surface area (Å²) in [5.41, 5.74) is 2.39. The molecule has 2 rings (SSSR count). The largest absolute Gasteiger partial charge is 0.352 e. The Hall–Kier alpha value is -2.69. The molecule has 1 aromatic carbocycles. The molecule has 0 bridgehead atoms. The van der Waals surface area contributed by atoms with Crippen LogP contribution in [0.25, 0.3) is 0 Å². The second-order valence-corrected chi connectivity index (χ2v) is 5.86. The van der Waals surface area contributed by atoms with Crippen LogP contribution in [0.4, 0.5) is 5.69 Å². The highest BCUT2D eigenvalue weighted by molar-refractivity contribution is 6.04.